The molecular weight excluding hydrogens is 334 g/mol. The molecule has 1 aromatic heterocycles. The number of carbonyl (C=O) groups excluding carboxylic acids is 1. The van der Waals surface area contributed by atoms with Gasteiger partial charge in [0.05, 0.1) is 5.56 Å². The fourth-order valence-electron chi connectivity index (χ4n) is 3.34. The topological polar surface area (TPSA) is 29.1 Å². The lowest BCUT2D eigenvalue weighted by Gasteiger charge is -2.34. The van der Waals surface area contributed by atoms with E-state index >= 15 is 0 Å². The highest BCUT2D eigenvalue weighted by atomic mass is 32.2. The molecule has 24 heavy (non-hydrogen) atoms. The van der Waals surface area contributed by atoms with Crippen LogP contribution in [-0.2, 0) is 12.8 Å². The van der Waals surface area contributed by atoms with Crippen LogP contribution in [0.2, 0.25) is 0 Å². The Morgan fingerprint density at radius 1 is 1.33 bits per heavy atom. The Morgan fingerprint density at radius 2 is 2.12 bits per heavy atom. The van der Waals surface area contributed by atoms with Crippen LogP contribution < -0.4 is 5.32 Å². The summed E-state index contributed by atoms with van der Waals surface area (Å²) in [7, 11) is 0. The Morgan fingerprint density at radius 3 is 2.83 bits per heavy atom. The van der Waals surface area contributed by atoms with Crippen molar-refractivity contribution in [2.75, 3.05) is 11.6 Å². The normalized spacial score (nSPS) is 17.4. The molecule has 0 spiro atoms. The van der Waals surface area contributed by atoms with Crippen molar-refractivity contribution >= 4 is 34.7 Å². The van der Waals surface area contributed by atoms with Gasteiger partial charge in [-0.1, -0.05) is 26.8 Å². The molecule has 1 N–H and O–H groups in total. The zero-order chi connectivity index (χ0) is 17.3. The maximum Gasteiger partial charge on any atom is 0.256 e. The second kappa shape index (κ2) is 6.93. The number of fused-ring (bicyclic) bond motifs is 1. The van der Waals surface area contributed by atoms with Crippen LogP contribution in [0, 0.1) is 11.3 Å². The molecule has 0 unspecified atom stereocenters. The Balaban J connectivity index is 1.77. The largest absolute Gasteiger partial charge is 0.322 e. The van der Waals surface area contributed by atoms with Gasteiger partial charge in [0, 0.05) is 20.8 Å². The molecule has 1 atom stereocenters. The van der Waals surface area contributed by atoms with Crippen molar-refractivity contribution in [2.24, 2.45) is 11.3 Å². The first-order chi connectivity index (χ1) is 11.4. The van der Waals surface area contributed by atoms with Crippen molar-refractivity contribution in [1.29, 1.82) is 0 Å². The summed E-state index contributed by atoms with van der Waals surface area (Å²) in [5, 5.41) is 5.11. The van der Waals surface area contributed by atoms with Crippen molar-refractivity contribution in [3.8, 4) is 0 Å². The molecule has 2 aromatic rings. The minimum Gasteiger partial charge on any atom is -0.322 e. The second-order valence-corrected chi connectivity index (χ2v) is 9.39. The molecule has 1 aliphatic carbocycles. The van der Waals surface area contributed by atoms with Crippen molar-refractivity contribution < 1.29 is 4.79 Å². The number of thioether (sulfide) groups is 1. The molecule has 128 valence electrons. The molecule has 4 heteroatoms. The summed E-state index contributed by atoms with van der Waals surface area (Å²) in [5.41, 5.74) is 3.36. The van der Waals surface area contributed by atoms with E-state index in [4.69, 9.17) is 0 Å². The average molecular weight is 360 g/mol. The smallest absolute Gasteiger partial charge is 0.256 e. The van der Waals surface area contributed by atoms with Crippen LogP contribution in [0.4, 0.5) is 5.69 Å². The standard InChI is InChI=1S/C20H25NOS2/c1-20(2,3)13-8-9-16-17(12-24-18(16)10-13)19(22)21-14-6-5-7-15(11-14)23-4/h5-7,11-13H,8-10H2,1-4H3,(H,21,22)/t13-/m0/s1. The number of benzene rings is 1. The number of hydrogen-bond acceptors (Lipinski definition) is 3. The van der Waals surface area contributed by atoms with Gasteiger partial charge in [-0.05, 0) is 60.6 Å². The average Bonchev–Trinajstić information content (AvgIpc) is 2.97. The maximum atomic E-state index is 12.7. The molecule has 1 aromatic carbocycles. The van der Waals surface area contributed by atoms with Crippen LogP contribution in [0.25, 0.3) is 0 Å². The highest BCUT2D eigenvalue weighted by molar-refractivity contribution is 7.98. The van der Waals surface area contributed by atoms with Gasteiger partial charge in [0.2, 0.25) is 0 Å². The third-order valence-corrected chi connectivity index (χ3v) is 6.73. The quantitative estimate of drug-likeness (QED) is 0.694. The molecule has 2 nitrogen and oxygen atoms in total. The summed E-state index contributed by atoms with van der Waals surface area (Å²) in [6, 6.07) is 8.01. The molecule has 0 fully saturated rings. The molecule has 0 saturated carbocycles. The van der Waals surface area contributed by atoms with Crippen LogP contribution in [0.3, 0.4) is 0 Å². The van der Waals surface area contributed by atoms with Crippen LogP contribution in [0.5, 0.6) is 0 Å². The predicted octanol–water partition coefficient (Wildman–Crippen LogP) is 5.87. The fraction of sp³-hybridized carbons (Fsp3) is 0.450. The van der Waals surface area contributed by atoms with Crippen LogP contribution >= 0.6 is 23.1 Å². The van der Waals surface area contributed by atoms with Crippen LogP contribution in [0.1, 0.15) is 48.0 Å². The number of rotatable bonds is 3. The summed E-state index contributed by atoms with van der Waals surface area (Å²) < 4.78 is 0. The minimum absolute atomic E-state index is 0.0277. The molecule has 0 saturated heterocycles. The van der Waals surface area contributed by atoms with E-state index in [0.29, 0.717) is 11.3 Å². The lowest BCUT2D eigenvalue weighted by atomic mass is 9.72. The molecule has 1 amide bonds. The maximum absolute atomic E-state index is 12.7. The first-order valence-electron chi connectivity index (χ1n) is 8.43. The SMILES string of the molecule is CSc1cccc(NC(=O)c2csc3c2CC[C@H](C(C)(C)C)C3)c1. The Kier molecular flexibility index (Phi) is 5.07. The van der Waals surface area contributed by atoms with Gasteiger partial charge in [0.15, 0.2) is 0 Å². The second-order valence-electron chi connectivity index (χ2n) is 7.54. The minimum atomic E-state index is 0.0277. The van der Waals surface area contributed by atoms with E-state index < -0.39 is 0 Å². The summed E-state index contributed by atoms with van der Waals surface area (Å²) in [5.74, 6) is 0.734. The van der Waals surface area contributed by atoms with Gasteiger partial charge >= 0.3 is 0 Å². The molecule has 0 aliphatic heterocycles. The zero-order valence-corrected chi connectivity index (χ0v) is 16.4. The number of thiophene rings is 1. The number of anilines is 1. The van der Waals surface area contributed by atoms with Crippen molar-refractivity contribution in [3.05, 3.63) is 45.6 Å². The lowest BCUT2D eigenvalue weighted by Crippen LogP contribution is -2.27. The van der Waals surface area contributed by atoms with E-state index in [2.05, 4.69) is 32.2 Å². The summed E-state index contributed by atoms with van der Waals surface area (Å²) in [6.45, 7) is 6.97. The predicted molar refractivity (Wildman–Crippen MR) is 105 cm³/mol. The van der Waals surface area contributed by atoms with Gasteiger partial charge in [-0.2, -0.15) is 0 Å². The van der Waals surface area contributed by atoms with E-state index in [1.807, 2.05) is 29.8 Å². The van der Waals surface area contributed by atoms with Crippen molar-refractivity contribution in [1.82, 2.24) is 0 Å². The van der Waals surface area contributed by atoms with Crippen molar-refractivity contribution in [3.63, 3.8) is 0 Å². The number of amides is 1. The molecule has 1 heterocycles. The molecule has 1 aliphatic rings. The van der Waals surface area contributed by atoms with Gasteiger partial charge in [-0.25, -0.2) is 0 Å². The molecular formula is C20H25NOS2. The highest BCUT2D eigenvalue weighted by Crippen LogP contribution is 2.40. The van der Waals surface area contributed by atoms with Crippen LogP contribution in [-0.4, -0.2) is 12.2 Å². The first kappa shape index (κ1) is 17.6. The molecule has 3 rings (SSSR count). The Labute approximate surface area is 153 Å². The Hall–Kier alpha value is -1.26. The van der Waals surface area contributed by atoms with Gasteiger partial charge < -0.3 is 5.32 Å². The molecule has 0 radical (unpaired) electrons. The van der Waals surface area contributed by atoms with Gasteiger partial charge in [-0.3, -0.25) is 4.79 Å². The lowest BCUT2D eigenvalue weighted by molar-refractivity contribution is 0.102. The van der Waals surface area contributed by atoms with Crippen molar-refractivity contribution in [2.45, 2.75) is 44.9 Å². The van der Waals surface area contributed by atoms with E-state index in [1.54, 1.807) is 23.1 Å². The third-order valence-electron chi connectivity index (χ3n) is 4.95. The number of nitrogens with one attached hydrogen (secondary N) is 1. The third kappa shape index (κ3) is 3.70. The van der Waals surface area contributed by atoms with E-state index in [1.165, 1.54) is 16.9 Å². The summed E-state index contributed by atoms with van der Waals surface area (Å²) in [4.78, 5) is 15.3. The zero-order valence-electron chi connectivity index (χ0n) is 14.8. The van der Waals surface area contributed by atoms with E-state index in [0.717, 1.165) is 29.0 Å². The fourth-order valence-corrected chi connectivity index (χ4v) is 4.96. The van der Waals surface area contributed by atoms with E-state index in [9.17, 15) is 4.79 Å². The van der Waals surface area contributed by atoms with E-state index in [-0.39, 0.29) is 5.91 Å². The highest BCUT2D eigenvalue weighted by Gasteiger charge is 2.31. The van der Waals surface area contributed by atoms with Gasteiger partial charge in [0.25, 0.3) is 5.91 Å². The van der Waals surface area contributed by atoms with Gasteiger partial charge in [0.1, 0.15) is 0 Å². The number of carbonyl (C=O) groups is 1. The monoisotopic (exact) mass is 359 g/mol. The summed E-state index contributed by atoms with van der Waals surface area (Å²) >= 11 is 3.44. The van der Waals surface area contributed by atoms with Gasteiger partial charge in [-0.15, -0.1) is 23.1 Å². The van der Waals surface area contributed by atoms with Crippen LogP contribution in [0.15, 0.2) is 34.5 Å². The Bertz CT molecular complexity index is 742. The molecule has 0 bridgehead atoms. The summed E-state index contributed by atoms with van der Waals surface area (Å²) in [6.07, 6.45) is 5.35. The first-order valence-corrected chi connectivity index (χ1v) is 10.5. The number of hydrogen-bond donors (Lipinski definition) is 1.